The van der Waals surface area contributed by atoms with Crippen molar-refractivity contribution in [3.05, 3.63) is 87.6 Å². The second kappa shape index (κ2) is 7.71. The lowest BCUT2D eigenvalue weighted by Gasteiger charge is -2.17. The number of imidazole rings is 1. The highest BCUT2D eigenvalue weighted by Gasteiger charge is 2.34. The van der Waals surface area contributed by atoms with Gasteiger partial charge in [-0.1, -0.05) is 18.2 Å². The number of hydrogen-bond donors (Lipinski definition) is 1. The number of halogens is 3. The molecule has 0 radical (unpaired) electrons. The summed E-state index contributed by atoms with van der Waals surface area (Å²) in [5.74, 6) is -0.107. The van der Waals surface area contributed by atoms with Gasteiger partial charge in [-0.2, -0.15) is 13.2 Å². The zero-order valence-electron chi connectivity index (χ0n) is 15.8. The van der Waals surface area contributed by atoms with E-state index in [1.165, 1.54) is 40.5 Å². The molecule has 0 aliphatic rings. The SMILES string of the molecule is CC(=O)c1ccc(-n2c(C)cn(CC(O)c3ccccc3C(F)(F)F)c2=O)cc1. The maximum absolute atomic E-state index is 13.2. The number of hydrogen-bond acceptors (Lipinski definition) is 3. The molecule has 3 aromatic rings. The largest absolute Gasteiger partial charge is 0.416 e. The van der Waals surface area contributed by atoms with Gasteiger partial charge < -0.3 is 5.11 Å². The highest BCUT2D eigenvalue weighted by atomic mass is 19.4. The van der Waals surface area contributed by atoms with Crippen LogP contribution in [-0.2, 0) is 12.7 Å². The van der Waals surface area contributed by atoms with Crippen LogP contribution in [0.25, 0.3) is 5.69 Å². The Balaban J connectivity index is 1.94. The average Bonchev–Trinajstić information content (AvgIpc) is 2.94. The smallest absolute Gasteiger partial charge is 0.387 e. The zero-order valence-corrected chi connectivity index (χ0v) is 15.8. The Bertz CT molecular complexity index is 1100. The minimum Gasteiger partial charge on any atom is -0.387 e. The summed E-state index contributed by atoms with van der Waals surface area (Å²) >= 11 is 0. The molecule has 0 fully saturated rings. The molecule has 1 heterocycles. The number of rotatable bonds is 5. The van der Waals surface area contributed by atoms with E-state index in [-0.39, 0.29) is 17.9 Å². The summed E-state index contributed by atoms with van der Waals surface area (Å²) in [6.45, 7) is 2.78. The van der Waals surface area contributed by atoms with Gasteiger partial charge in [-0.05, 0) is 49.7 Å². The van der Waals surface area contributed by atoms with Crippen molar-refractivity contribution in [3.63, 3.8) is 0 Å². The predicted octanol–water partition coefficient (Wildman–Crippen LogP) is 3.90. The fraction of sp³-hybridized carbons (Fsp3) is 0.238. The molecule has 152 valence electrons. The zero-order chi connectivity index (χ0) is 21.3. The number of carbonyl (C=O) groups excluding carboxylic acids is 1. The summed E-state index contributed by atoms with van der Waals surface area (Å²) in [6.07, 6.45) is -4.65. The Labute approximate surface area is 164 Å². The number of carbonyl (C=O) groups is 1. The molecule has 2 aromatic carbocycles. The van der Waals surface area contributed by atoms with Crippen LogP contribution < -0.4 is 5.69 Å². The second-order valence-electron chi connectivity index (χ2n) is 6.74. The number of Topliss-reactive ketones (excluding diaryl/α,β-unsaturated/α-hetero) is 1. The maximum Gasteiger partial charge on any atom is 0.416 e. The summed E-state index contributed by atoms with van der Waals surface area (Å²) in [7, 11) is 0. The molecule has 1 atom stereocenters. The highest BCUT2D eigenvalue weighted by molar-refractivity contribution is 5.94. The fourth-order valence-corrected chi connectivity index (χ4v) is 3.24. The quantitative estimate of drug-likeness (QED) is 0.656. The van der Waals surface area contributed by atoms with E-state index in [9.17, 15) is 27.9 Å². The molecule has 1 unspecified atom stereocenters. The molecule has 29 heavy (non-hydrogen) atoms. The van der Waals surface area contributed by atoms with Gasteiger partial charge in [0, 0.05) is 17.5 Å². The Morgan fingerprint density at radius 3 is 2.31 bits per heavy atom. The standard InChI is InChI=1S/C21H19F3N2O3/c1-13-11-25(12-19(28)17-5-3-4-6-18(17)21(22,23)24)20(29)26(13)16-9-7-15(8-10-16)14(2)27/h3-11,19,28H,12H2,1-2H3. The summed E-state index contributed by atoms with van der Waals surface area (Å²) in [4.78, 5) is 24.2. The fourth-order valence-electron chi connectivity index (χ4n) is 3.24. The third kappa shape index (κ3) is 4.17. The minimum atomic E-state index is -4.61. The van der Waals surface area contributed by atoms with Gasteiger partial charge >= 0.3 is 11.9 Å². The second-order valence-corrected chi connectivity index (χ2v) is 6.74. The number of ketones is 1. The van der Waals surface area contributed by atoms with Crippen molar-refractivity contribution in [1.82, 2.24) is 9.13 Å². The first-order chi connectivity index (χ1) is 13.6. The lowest BCUT2D eigenvalue weighted by atomic mass is 10.0. The molecule has 0 bridgehead atoms. The van der Waals surface area contributed by atoms with E-state index in [0.717, 1.165) is 6.07 Å². The summed E-state index contributed by atoms with van der Waals surface area (Å²) < 4.78 is 42.1. The molecule has 3 rings (SSSR count). The maximum atomic E-state index is 13.2. The number of aromatic nitrogens is 2. The van der Waals surface area contributed by atoms with E-state index in [1.807, 2.05) is 0 Å². The van der Waals surface area contributed by atoms with E-state index in [2.05, 4.69) is 0 Å². The number of benzene rings is 2. The third-order valence-electron chi connectivity index (χ3n) is 4.66. The van der Waals surface area contributed by atoms with Crippen LogP contribution in [0.4, 0.5) is 13.2 Å². The van der Waals surface area contributed by atoms with Gasteiger partial charge in [0.25, 0.3) is 0 Å². The Hall–Kier alpha value is -3.13. The molecule has 1 N–H and O–H groups in total. The van der Waals surface area contributed by atoms with Crippen LogP contribution in [-0.4, -0.2) is 20.0 Å². The molecule has 0 aliphatic carbocycles. The van der Waals surface area contributed by atoms with E-state index >= 15 is 0 Å². The van der Waals surface area contributed by atoms with Crippen molar-refractivity contribution in [2.45, 2.75) is 32.7 Å². The Kier molecular flexibility index (Phi) is 5.48. The third-order valence-corrected chi connectivity index (χ3v) is 4.66. The number of aryl methyl sites for hydroxylation is 1. The van der Waals surface area contributed by atoms with Gasteiger partial charge in [0.2, 0.25) is 0 Å². The first-order valence-electron chi connectivity index (χ1n) is 8.84. The monoisotopic (exact) mass is 404 g/mol. The normalized spacial score (nSPS) is 12.8. The van der Waals surface area contributed by atoms with E-state index in [4.69, 9.17) is 0 Å². The molecular formula is C21H19F3N2O3. The number of aliphatic hydroxyl groups is 1. The van der Waals surface area contributed by atoms with Crippen molar-refractivity contribution in [2.24, 2.45) is 0 Å². The lowest BCUT2D eigenvalue weighted by Crippen LogP contribution is -2.26. The van der Waals surface area contributed by atoms with Crippen molar-refractivity contribution < 1.29 is 23.1 Å². The molecule has 0 saturated heterocycles. The molecule has 1 aromatic heterocycles. The Morgan fingerprint density at radius 2 is 1.72 bits per heavy atom. The van der Waals surface area contributed by atoms with Crippen molar-refractivity contribution in [3.8, 4) is 5.69 Å². The highest BCUT2D eigenvalue weighted by Crippen LogP contribution is 2.34. The van der Waals surface area contributed by atoms with Gasteiger partial charge in [-0.25, -0.2) is 4.79 Å². The lowest BCUT2D eigenvalue weighted by molar-refractivity contribution is -0.139. The van der Waals surface area contributed by atoms with Crippen LogP contribution in [0.3, 0.4) is 0 Å². The molecule has 0 spiro atoms. The van der Waals surface area contributed by atoms with Crippen LogP contribution in [0.2, 0.25) is 0 Å². The molecule has 5 nitrogen and oxygen atoms in total. The van der Waals surface area contributed by atoms with Crippen molar-refractivity contribution in [2.75, 3.05) is 0 Å². The van der Waals surface area contributed by atoms with Crippen LogP contribution in [0.15, 0.2) is 59.5 Å². The predicted molar refractivity (Wildman–Crippen MR) is 101 cm³/mol. The number of aliphatic hydroxyl groups excluding tert-OH is 1. The van der Waals surface area contributed by atoms with Gasteiger partial charge in [-0.15, -0.1) is 0 Å². The van der Waals surface area contributed by atoms with E-state index in [1.54, 1.807) is 31.2 Å². The first kappa shape index (κ1) is 20.6. The van der Waals surface area contributed by atoms with Gasteiger partial charge in [0.1, 0.15) is 0 Å². The summed E-state index contributed by atoms with van der Waals surface area (Å²) in [5.41, 5.74) is -0.164. The van der Waals surface area contributed by atoms with Crippen LogP contribution in [0, 0.1) is 6.92 Å². The topological polar surface area (TPSA) is 64.2 Å². The van der Waals surface area contributed by atoms with Gasteiger partial charge in [-0.3, -0.25) is 13.9 Å². The molecule has 0 saturated carbocycles. The Morgan fingerprint density at radius 1 is 1.10 bits per heavy atom. The average molecular weight is 404 g/mol. The van der Waals surface area contributed by atoms with Crippen molar-refractivity contribution >= 4 is 5.78 Å². The summed E-state index contributed by atoms with van der Waals surface area (Å²) in [6, 6.07) is 11.2. The molecule has 0 amide bonds. The van der Waals surface area contributed by atoms with Crippen LogP contribution in [0.1, 0.15) is 40.2 Å². The van der Waals surface area contributed by atoms with E-state index < -0.39 is 23.5 Å². The molecule has 8 heteroatoms. The summed E-state index contributed by atoms with van der Waals surface area (Å²) in [5, 5.41) is 10.4. The number of nitrogens with zero attached hydrogens (tertiary/aromatic N) is 2. The van der Waals surface area contributed by atoms with E-state index in [0.29, 0.717) is 16.9 Å². The number of alkyl halides is 3. The minimum absolute atomic E-state index is 0.107. The molecule has 0 aliphatic heterocycles. The van der Waals surface area contributed by atoms with Gasteiger partial charge in [0.05, 0.1) is 23.9 Å². The van der Waals surface area contributed by atoms with Crippen LogP contribution in [0.5, 0.6) is 0 Å². The molecular weight excluding hydrogens is 385 g/mol. The van der Waals surface area contributed by atoms with Crippen LogP contribution >= 0.6 is 0 Å². The van der Waals surface area contributed by atoms with Crippen molar-refractivity contribution in [1.29, 1.82) is 0 Å². The first-order valence-corrected chi connectivity index (χ1v) is 8.84. The van der Waals surface area contributed by atoms with Gasteiger partial charge in [0.15, 0.2) is 5.78 Å².